The van der Waals surface area contributed by atoms with Crippen molar-refractivity contribution in [1.82, 2.24) is 15.1 Å². The van der Waals surface area contributed by atoms with Gasteiger partial charge in [0.15, 0.2) is 5.82 Å². The third kappa shape index (κ3) is 2.02. The summed E-state index contributed by atoms with van der Waals surface area (Å²) in [7, 11) is 0. The van der Waals surface area contributed by atoms with Gasteiger partial charge in [0.25, 0.3) is 0 Å². The molecule has 0 atom stereocenters. The molecule has 0 radical (unpaired) electrons. The van der Waals surface area contributed by atoms with E-state index in [0.717, 1.165) is 5.69 Å². The molecular weight excluding hydrogens is 168 g/mol. The van der Waals surface area contributed by atoms with Gasteiger partial charge in [-0.1, -0.05) is 5.16 Å². The van der Waals surface area contributed by atoms with E-state index in [1.54, 1.807) is 12.4 Å². The molecule has 1 N–H and O–H groups in total. The lowest BCUT2D eigenvalue weighted by atomic mass is 10.4. The van der Waals surface area contributed by atoms with Crippen molar-refractivity contribution in [3.63, 3.8) is 0 Å². The molecule has 0 unspecified atom stereocenters. The average Bonchev–Trinajstić information content (AvgIpc) is 2.69. The molecule has 0 spiro atoms. The van der Waals surface area contributed by atoms with E-state index in [-0.39, 0.29) is 0 Å². The van der Waals surface area contributed by atoms with Crippen molar-refractivity contribution in [2.45, 2.75) is 6.54 Å². The zero-order valence-electron chi connectivity index (χ0n) is 6.84. The maximum atomic E-state index is 4.59. The molecular formula is C8H8N4O. The van der Waals surface area contributed by atoms with Gasteiger partial charge in [-0.25, -0.2) is 0 Å². The number of anilines is 1. The van der Waals surface area contributed by atoms with Crippen LogP contribution in [-0.2, 0) is 6.54 Å². The number of hydrogen-bond acceptors (Lipinski definition) is 5. The highest BCUT2D eigenvalue weighted by Gasteiger charge is 1.96. The van der Waals surface area contributed by atoms with Crippen molar-refractivity contribution in [3.05, 3.63) is 36.7 Å². The Morgan fingerprint density at radius 3 is 2.85 bits per heavy atom. The zero-order valence-corrected chi connectivity index (χ0v) is 6.84. The van der Waals surface area contributed by atoms with Gasteiger partial charge in [0, 0.05) is 18.1 Å². The van der Waals surface area contributed by atoms with Gasteiger partial charge in [-0.05, 0) is 12.1 Å². The van der Waals surface area contributed by atoms with Gasteiger partial charge in [-0.15, -0.1) is 0 Å². The Kier molecular flexibility index (Phi) is 2.18. The van der Waals surface area contributed by atoms with Crippen LogP contribution in [0.25, 0.3) is 0 Å². The van der Waals surface area contributed by atoms with Crippen LogP contribution in [0.2, 0.25) is 0 Å². The summed E-state index contributed by atoms with van der Waals surface area (Å²) >= 11 is 0. The topological polar surface area (TPSA) is 63.8 Å². The van der Waals surface area contributed by atoms with E-state index < -0.39 is 0 Å². The summed E-state index contributed by atoms with van der Waals surface area (Å²) in [4.78, 5) is 7.78. The fourth-order valence-corrected chi connectivity index (χ4v) is 0.921. The van der Waals surface area contributed by atoms with Crippen LogP contribution >= 0.6 is 0 Å². The van der Waals surface area contributed by atoms with E-state index in [0.29, 0.717) is 12.4 Å². The molecule has 0 fully saturated rings. The molecule has 2 rings (SSSR count). The van der Waals surface area contributed by atoms with Crippen LogP contribution in [0.1, 0.15) is 5.82 Å². The van der Waals surface area contributed by atoms with Gasteiger partial charge in [0.1, 0.15) is 0 Å². The largest absolute Gasteiger partial charge is 0.378 e. The van der Waals surface area contributed by atoms with Gasteiger partial charge in [0.05, 0.1) is 6.54 Å². The fourth-order valence-electron chi connectivity index (χ4n) is 0.921. The molecule has 66 valence electrons. The summed E-state index contributed by atoms with van der Waals surface area (Å²) in [6.45, 7) is 0.556. The van der Waals surface area contributed by atoms with Crippen molar-refractivity contribution in [2.24, 2.45) is 0 Å². The minimum atomic E-state index is 0.556. The van der Waals surface area contributed by atoms with E-state index in [2.05, 4.69) is 25.0 Å². The second kappa shape index (κ2) is 3.66. The molecule has 0 aliphatic rings. The lowest BCUT2D eigenvalue weighted by Gasteiger charge is -2.00. The Labute approximate surface area is 74.8 Å². The molecule has 0 bridgehead atoms. The molecule has 0 aliphatic carbocycles. The summed E-state index contributed by atoms with van der Waals surface area (Å²) in [5.41, 5.74) is 0.986. The smallest absolute Gasteiger partial charge is 0.213 e. The molecule has 2 aromatic rings. The van der Waals surface area contributed by atoms with Crippen LogP contribution in [0, 0.1) is 0 Å². The highest BCUT2D eigenvalue weighted by atomic mass is 16.5. The number of nitrogens with zero attached hydrogens (tertiary/aromatic N) is 3. The van der Waals surface area contributed by atoms with Crippen molar-refractivity contribution in [2.75, 3.05) is 5.32 Å². The van der Waals surface area contributed by atoms with Crippen LogP contribution < -0.4 is 5.32 Å². The number of pyridine rings is 1. The van der Waals surface area contributed by atoms with Crippen LogP contribution in [-0.4, -0.2) is 15.1 Å². The van der Waals surface area contributed by atoms with Gasteiger partial charge in [-0.3, -0.25) is 4.98 Å². The fraction of sp³-hybridized carbons (Fsp3) is 0.125. The predicted octanol–water partition coefficient (Wildman–Crippen LogP) is 1.08. The summed E-state index contributed by atoms with van der Waals surface area (Å²) in [5.74, 6) is 0.636. The Balaban J connectivity index is 1.94. The van der Waals surface area contributed by atoms with Crippen LogP contribution in [0.4, 0.5) is 5.69 Å². The summed E-state index contributed by atoms with van der Waals surface area (Å²) in [5, 5.41) is 6.79. The van der Waals surface area contributed by atoms with Crippen molar-refractivity contribution >= 4 is 5.69 Å². The summed E-state index contributed by atoms with van der Waals surface area (Å²) in [6.07, 6.45) is 4.75. The SMILES string of the molecule is c1cc(NCc2ncon2)ccn1. The van der Waals surface area contributed by atoms with Gasteiger partial charge in [0.2, 0.25) is 6.39 Å². The zero-order chi connectivity index (χ0) is 8.93. The Morgan fingerprint density at radius 1 is 1.31 bits per heavy atom. The standard InChI is InChI=1S/C8H8N4O/c1-3-9-4-2-7(1)10-5-8-11-6-13-12-8/h1-4,6H,5H2,(H,9,10). The van der Waals surface area contributed by atoms with E-state index in [1.807, 2.05) is 12.1 Å². The third-order valence-electron chi connectivity index (χ3n) is 1.54. The lowest BCUT2D eigenvalue weighted by Crippen LogP contribution is -2.00. The highest BCUT2D eigenvalue weighted by molar-refractivity contribution is 5.40. The van der Waals surface area contributed by atoms with Crippen LogP contribution in [0.3, 0.4) is 0 Å². The lowest BCUT2D eigenvalue weighted by molar-refractivity contribution is 0.411. The maximum Gasteiger partial charge on any atom is 0.213 e. The van der Waals surface area contributed by atoms with Crippen molar-refractivity contribution < 1.29 is 4.52 Å². The molecule has 0 saturated heterocycles. The third-order valence-corrected chi connectivity index (χ3v) is 1.54. The normalized spacial score (nSPS) is 9.85. The first-order valence-electron chi connectivity index (χ1n) is 3.84. The predicted molar refractivity (Wildman–Crippen MR) is 45.9 cm³/mol. The number of nitrogens with one attached hydrogen (secondary N) is 1. The Bertz CT molecular complexity index is 346. The molecule has 0 amide bonds. The van der Waals surface area contributed by atoms with E-state index >= 15 is 0 Å². The van der Waals surface area contributed by atoms with E-state index in [4.69, 9.17) is 0 Å². The second-order valence-corrected chi connectivity index (χ2v) is 2.44. The minimum absolute atomic E-state index is 0.556. The molecule has 2 aromatic heterocycles. The second-order valence-electron chi connectivity index (χ2n) is 2.44. The average molecular weight is 176 g/mol. The number of rotatable bonds is 3. The van der Waals surface area contributed by atoms with E-state index in [9.17, 15) is 0 Å². The number of hydrogen-bond donors (Lipinski definition) is 1. The van der Waals surface area contributed by atoms with Crippen molar-refractivity contribution in [1.29, 1.82) is 0 Å². The molecule has 0 saturated carbocycles. The first kappa shape index (κ1) is 7.72. The molecule has 5 nitrogen and oxygen atoms in total. The molecule has 0 aliphatic heterocycles. The maximum absolute atomic E-state index is 4.59. The van der Waals surface area contributed by atoms with Crippen LogP contribution in [0.15, 0.2) is 35.4 Å². The summed E-state index contributed by atoms with van der Waals surface area (Å²) < 4.78 is 4.59. The quantitative estimate of drug-likeness (QED) is 0.758. The van der Waals surface area contributed by atoms with Crippen LogP contribution in [0.5, 0.6) is 0 Å². The molecule has 2 heterocycles. The minimum Gasteiger partial charge on any atom is -0.378 e. The Morgan fingerprint density at radius 2 is 2.15 bits per heavy atom. The highest BCUT2D eigenvalue weighted by Crippen LogP contribution is 2.04. The Hall–Kier alpha value is -1.91. The first-order chi connectivity index (χ1) is 6.45. The van der Waals surface area contributed by atoms with E-state index in [1.165, 1.54) is 6.39 Å². The number of aromatic nitrogens is 3. The monoisotopic (exact) mass is 176 g/mol. The molecule has 0 aromatic carbocycles. The summed E-state index contributed by atoms with van der Waals surface area (Å²) in [6, 6.07) is 3.75. The molecule has 13 heavy (non-hydrogen) atoms. The van der Waals surface area contributed by atoms with Gasteiger partial charge in [-0.2, -0.15) is 4.98 Å². The first-order valence-corrected chi connectivity index (χ1v) is 3.84. The van der Waals surface area contributed by atoms with Crippen molar-refractivity contribution in [3.8, 4) is 0 Å². The van der Waals surface area contributed by atoms with Gasteiger partial charge < -0.3 is 9.84 Å². The molecule has 5 heteroatoms. The van der Waals surface area contributed by atoms with Gasteiger partial charge >= 0.3 is 0 Å².